The van der Waals surface area contributed by atoms with Crippen molar-refractivity contribution in [3.63, 3.8) is 0 Å². The van der Waals surface area contributed by atoms with Crippen LogP contribution in [0, 0.1) is 5.82 Å². The fourth-order valence-corrected chi connectivity index (χ4v) is 4.09. The molecule has 0 saturated carbocycles. The van der Waals surface area contributed by atoms with E-state index in [0.29, 0.717) is 55.0 Å². The molecule has 158 valence electrons. The van der Waals surface area contributed by atoms with E-state index in [2.05, 4.69) is 20.1 Å². The lowest BCUT2D eigenvalue weighted by Gasteiger charge is -2.34. The number of aromatic nitrogens is 4. The molecule has 9 heteroatoms. The number of amides is 1. The number of para-hydroxylation sites is 1. The Kier molecular flexibility index (Phi) is 5.17. The summed E-state index contributed by atoms with van der Waals surface area (Å²) in [6.07, 6.45) is 1.52. The predicted molar refractivity (Wildman–Crippen MR) is 116 cm³/mol. The van der Waals surface area contributed by atoms with Crippen LogP contribution in [0.15, 0.2) is 54.9 Å². The van der Waals surface area contributed by atoms with Gasteiger partial charge in [-0.3, -0.25) is 14.3 Å². The summed E-state index contributed by atoms with van der Waals surface area (Å²) in [6.45, 7) is 3.12. The lowest BCUT2D eigenvalue weighted by Crippen LogP contribution is -2.48. The molecule has 0 spiro atoms. The van der Waals surface area contributed by atoms with Crippen molar-refractivity contribution in [2.75, 3.05) is 26.2 Å². The zero-order chi connectivity index (χ0) is 21.4. The van der Waals surface area contributed by atoms with Gasteiger partial charge in [-0.2, -0.15) is 0 Å². The van der Waals surface area contributed by atoms with Crippen LogP contribution in [0.2, 0.25) is 5.02 Å². The van der Waals surface area contributed by atoms with Crippen LogP contribution in [0.1, 0.15) is 16.3 Å². The first-order chi connectivity index (χ1) is 15.1. The third kappa shape index (κ3) is 3.92. The molecule has 2 aromatic carbocycles. The summed E-state index contributed by atoms with van der Waals surface area (Å²) >= 11 is 6.04. The Morgan fingerprint density at radius 2 is 1.90 bits per heavy atom. The summed E-state index contributed by atoms with van der Waals surface area (Å²) in [7, 11) is 0. The maximum atomic E-state index is 14.2. The number of H-pyrrole nitrogens is 1. The van der Waals surface area contributed by atoms with Gasteiger partial charge in [0.05, 0.1) is 12.2 Å². The lowest BCUT2D eigenvalue weighted by atomic mass is 10.2. The molecular formula is C22H20ClFN6O. The third-order valence-corrected chi connectivity index (χ3v) is 5.80. The van der Waals surface area contributed by atoms with Crippen LogP contribution in [0.3, 0.4) is 0 Å². The molecule has 0 radical (unpaired) electrons. The van der Waals surface area contributed by atoms with Gasteiger partial charge in [0.15, 0.2) is 5.82 Å². The number of rotatable bonds is 4. The quantitative estimate of drug-likeness (QED) is 0.529. The average Bonchev–Trinajstić information content (AvgIpc) is 3.41. The summed E-state index contributed by atoms with van der Waals surface area (Å²) < 4.78 is 15.8. The molecule has 0 unspecified atom stereocenters. The van der Waals surface area contributed by atoms with Crippen molar-refractivity contribution in [2.24, 2.45) is 0 Å². The van der Waals surface area contributed by atoms with E-state index < -0.39 is 0 Å². The van der Waals surface area contributed by atoms with Gasteiger partial charge in [0.25, 0.3) is 5.91 Å². The van der Waals surface area contributed by atoms with Gasteiger partial charge in [-0.15, -0.1) is 10.2 Å². The number of hydrogen-bond acceptors (Lipinski definition) is 4. The van der Waals surface area contributed by atoms with E-state index in [1.54, 1.807) is 28.8 Å². The van der Waals surface area contributed by atoms with E-state index in [0.717, 1.165) is 10.9 Å². The molecule has 0 atom stereocenters. The number of piperazine rings is 1. The Morgan fingerprint density at radius 1 is 1.10 bits per heavy atom. The number of nitrogens with one attached hydrogen (secondary N) is 1. The number of fused-ring (bicyclic) bond motifs is 1. The molecule has 1 aliphatic heterocycles. The highest BCUT2D eigenvalue weighted by Crippen LogP contribution is 2.21. The van der Waals surface area contributed by atoms with Gasteiger partial charge in [0.2, 0.25) is 0 Å². The number of benzene rings is 2. The molecule has 0 aliphatic carbocycles. The molecule has 3 heterocycles. The largest absolute Gasteiger partial charge is 0.351 e. The molecule has 1 N–H and O–H groups in total. The fraction of sp³-hybridized carbons (Fsp3) is 0.227. The Labute approximate surface area is 183 Å². The molecule has 2 aromatic heterocycles. The first kappa shape index (κ1) is 19.7. The third-order valence-electron chi connectivity index (χ3n) is 5.57. The van der Waals surface area contributed by atoms with E-state index >= 15 is 0 Å². The summed E-state index contributed by atoms with van der Waals surface area (Å²) in [6, 6.07) is 13.9. The predicted octanol–water partition coefficient (Wildman–Crippen LogP) is 3.50. The number of hydrogen-bond donors (Lipinski definition) is 1. The lowest BCUT2D eigenvalue weighted by molar-refractivity contribution is 0.0620. The average molecular weight is 439 g/mol. The van der Waals surface area contributed by atoms with Crippen molar-refractivity contribution >= 4 is 28.4 Å². The maximum absolute atomic E-state index is 14.2. The molecule has 1 amide bonds. The van der Waals surface area contributed by atoms with Crippen molar-refractivity contribution < 1.29 is 9.18 Å². The summed E-state index contributed by atoms with van der Waals surface area (Å²) in [5.74, 6) is 0.317. The van der Waals surface area contributed by atoms with E-state index in [4.69, 9.17) is 11.6 Å². The molecule has 1 aliphatic rings. The van der Waals surface area contributed by atoms with Crippen molar-refractivity contribution in [3.05, 3.63) is 77.2 Å². The van der Waals surface area contributed by atoms with E-state index in [1.807, 2.05) is 23.1 Å². The Morgan fingerprint density at radius 3 is 2.71 bits per heavy atom. The second-order valence-electron chi connectivity index (χ2n) is 7.55. The first-order valence-corrected chi connectivity index (χ1v) is 10.4. The Bertz CT molecular complexity index is 1240. The van der Waals surface area contributed by atoms with Gasteiger partial charge in [-0.1, -0.05) is 23.7 Å². The highest BCUT2D eigenvalue weighted by atomic mass is 35.5. The van der Waals surface area contributed by atoms with Crippen molar-refractivity contribution in [1.29, 1.82) is 0 Å². The second-order valence-corrected chi connectivity index (χ2v) is 7.99. The SMILES string of the molecule is O=C(c1cc2cc(Cl)ccc2[nH]1)N1CCN(Cc2nncn2-c2ccccc2F)CC1. The van der Waals surface area contributed by atoms with Crippen LogP contribution in [-0.2, 0) is 6.54 Å². The van der Waals surface area contributed by atoms with Crippen LogP contribution >= 0.6 is 11.6 Å². The zero-order valence-corrected chi connectivity index (χ0v) is 17.4. The Hall–Kier alpha value is -3.23. The molecular weight excluding hydrogens is 419 g/mol. The van der Waals surface area contributed by atoms with Gasteiger partial charge in [0, 0.05) is 42.1 Å². The number of carbonyl (C=O) groups excluding carboxylic acids is 1. The van der Waals surface area contributed by atoms with Crippen molar-refractivity contribution in [3.8, 4) is 5.69 Å². The van der Waals surface area contributed by atoms with Crippen LogP contribution in [0.25, 0.3) is 16.6 Å². The highest BCUT2D eigenvalue weighted by Gasteiger charge is 2.24. The number of nitrogens with zero attached hydrogens (tertiary/aromatic N) is 5. The topological polar surface area (TPSA) is 70.1 Å². The van der Waals surface area contributed by atoms with Gasteiger partial charge in [-0.05, 0) is 36.4 Å². The molecule has 31 heavy (non-hydrogen) atoms. The summed E-state index contributed by atoms with van der Waals surface area (Å²) in [4.78, 5) is 20.1. The zero-order valence-electron chi connectivity index (χ0n) is 16.6. The number of aromatic amines is 1. The molecule has 1 fully saturated rings. The molecule has 5 rings (SSSR count). The fourth-order valence-electron chi connectivity index (χ4n) is 3.91. The van der Waals surface area contributed by atoms with Gasteiger partial charge in [-0.25, -0.2) is 4.39 Å². The van der Waals surface area contributed by atoms with Crippen LogP contribution in [-0.4, -0.2) is 61.6 Å². The number of carbonyl (C=O) groups is 1. The van der Waals surface area contributed by atoms with Gasteiger partial charge < -0.3 is 9.88 Å². The summed E-state index contributed by atoms with van der Waals surface area (Å²) in [5.41, 5.74) is 1.87. The molecule has 1 saturated heterocycles. The Balaban J connectivity index is 1.24. The van der Waals surface area contributed by atoms with E-state index in [-0.39, 0.29) is 11.7 Å². The van der Waals surface area contributed by atoms with E-state index in [1.165, 1.54) is 12.4 Å². The van der Waals surface area contributed by atoms with Crippen LogP contribution in [0.5, 0.6) is 0 Å². The first-order valence-electron chi connectivity index (χ1n) is 10.0. The maximum Gasteiger partial charge on any atom is 0.270 e. The minimum Gasteiger partial charge on any atom is -0.351 e. The standard InChI is InChI=1S/C22H20ClFN6O/c23-16-5-6-18-15(11-16)12-19(26-18)22(31)29-9-7-28(8-10-29)13-21-27-25-14-30(21)20-4-2-1-3-17(20)24/h1-6,11-12,14,26H,7-10,13H2. The monoisotopic (exact) mass is 438 g/mol. The van der Waals surface area contributed by atoms with Gasteiger partial charge in [0.1, 0.15) is 17.8 Å². The molecule has 0 bridgehead atoms. The van der Waals surface area contributed by atoms with Gasteiger partial charge >= 0.3 is 0 Å². The highest BCUT2D eigenvalue weighted by molar-refractivity contribution is 6.31. The smallest absolute Gasteiger partial charge is 0.270 e. The molecule has 4 aromatic rings. The summed E-state index contributed by atoms with van der Waals surface area (Å²) in [5, 5.41) is 9.69. The minimum absolute atomic E-state index is 0.0264. The normalized spacial score (nSPS) is 15.0. The van der Waals surface area contributed by atoms with Crippen molar-refractivity contribution in [2.45, 2.75) is 6.54 Å². The van der Waals surface area contributed by atoms with Crippen LogP contribution in [0.4, 0.5) is 4.39 Å². The van der Waals surface area contributed by atoms with Crippen molar-refractivity contribution in [1.82, 2.24) is 29.5 Å². The van der Waals surface area contributed by atoms with E-state index in [9.17, 15) is 9.18 Å². The molecule has 7 nitrogen and oxygen atoms in total. The number of halogens is 2. The second kappa shape index (κ2) is 8.13. The van der Waals surface area contributed by atoms with Crippen LogP contribution < -0.4 is 0 Å². The minimum atomic E-state index is -0.321.